The number of aromatic nitrogens is 1. The van der Waals surface area contributed by atoms with Gasteiger partial charge in [0.05, 0.1) is 10.7 Å². The van der Waals surface area contributed by atoms with Crippen LogP contribution in [0.15, 0.2) is 29.6 Å². The molecular formula is C18H21FN2O2S. The molecular weight excluding hydrogens is 327 g/mol. The number of hydrogen-bond donors (Lipinski definition) is 1. The van der Waals surface area contributed by atoms with E-state index in [-0.39, 0.29) is 24.2 Å². The van der Waals surface area contributed by atoms with Crippen LogP contribution in [0, 0.1) is 11.7 Å². The molecule has 128 valence electrons. The van der Waals surface area contributed by atoms with Crippen LogP contribution in [-0.2, 0) is 11.2 Å². The van der Waals surface area contributed by atoms with Crippen LogP contribution in [0.4, 0.5) is 4.39 Å². The largest absolute Gasteiger partial charge is 0.396 e. The number of aryl methyl sites for hydroxylation is 1. The van der Waals surface area contributed by atoms with Gasteiger partial charge in [0.2, 0.25) is 5.91 Å². The number of thiazole rings is 1. The van der Waals surface area contributed by atoms with Crippen molar-refractivity contribution in [2.45, 2.75) is 25.7 Å². The predicted octanol–water partition coefficient (Wildman–Crippen LogP) is 3.11. The number of aliphatic hydroxyl groups is 1. The number of nitrogens with zero attached hydrogens (tertiary/aromatic N) is 2. The van der Waals surface area contributed by atoms with E-state index >= 15 is 0 Å². The van der Waals surface area contributed by atoms with Gasteiger partial charge in [0.25, 0.3) is 0 Å². The van der Waals surface area contributed by atoms with E-state index in [1.54, 1.807) is 12.1 Å². The lowest BCUT2D eigenvalue weighted by Crippen LogP contribution is -2.41. The van der Waals surface area contributed by atoms with Crippen molar-refractivity contribution in [3.05, 3.63) is 40.5 Å². The number of benzene rings is 1. The Bertz CT molecular complexity index is 687. The number of carbonyl (C=O) groups excluding carboxylic acids is 1. The van der Waals surface area contributed by atoms with E-state index in [2.05, 4.69) is 4.98 Å². The number of hydrogen-bond acceptors (Lipinski definition) is 4. The topological polar surface area (TPSA) is 53.4 Å². The molecule has 1 aromatic carbocycles. The second-order valence-electron chi connectivity index (χ2n) is 6.16. The summed E-state index contributed by atoms with van der Waals surface area (Å²) >= 11 is 1.53. The Morgan fingerprint density at radius 3 is 2.92 bits per heavy atom. The minimum absolute atomic E-state index is 0.131. The zero-order valence-corrected chi connectivity index (χ0v) is 14.3. The molecule has 0 spiro atoms. The average Bonchev–Trinajstić information content (AvgIpc) is 3.09. The minimum atomic E-state index is -0.262. The van der Waals surface area contributed by atoms with Gasteiger partial charge in [-0.05, 0) is 43.0 Å². The van der Waals surface area contributed by atoms with Crippen molar-refractivity contribution in [3.8, 4) is 11.3 Å². The molecule has 1 fully saturated rings. The molecule has 1 aromatic heterocycles. The number of piperidine rings is 1. The van der Waals surface area contributed by atoms with Crippen molar-refractivity contribution >= 4 is 17.2 Å². The molecule has 1 aliphatic rings. The Kier molecular flexibility index (Phi) is 5.58. The van der Waals surface area contributed by atoms with Gasteiger partial charge in [0, 0.05) is 43.5 Å². The van der Waals surface area contributed by atoms with Gasteiger partial charge in [0.15, 0.2) is 0 Å². The zero-order chi connectivity index (χ0) is 16.9. The number of carbonyl (C=O) groups is 1. The molecule has 0 aliphatic carbocycles. The first-order chi connectivity index (χ1) is 11.7. The van der Waals surface area contributed by atoms with Crippen LogP contribution >= 0.6 is 11.3 Å². The summed E-state index contributed by atoms with van der Waals surface area (Å²) in [6, 6.07) is 6.27. The molecule has 1 atom stereocenters. The number of halogens is 1. The highest BCUT2D eigenvalue weighted by molar-refractivity contribution is 7.09. The Morgan fingerprint density at radius 2 is 2.17 bits per heavy atom. The fourth-order valence-corrected chi connectivity index (χ4v) is 3.80. The van der Waals surface area contributed by atoms with Gasteiger partial charge >= 0.3 is 0 Å². The monoisotopic (exact) mass is 348 g/mol. The molecule has 1 aliphatic heterocycles. The van der Waals surface area contributed by atoms with Gasteiger partial charge < -0.3 is 10.0 Å². The molecule has 1 saturated heterocycles. The van der Waals surface area contributed by atoms with Crippen LogP contribution in [0.1, 0.15) is 24.3 Å². The first kappa shape index (κ1) is 17.0. The highest BCUT2D eigenvalue weighted by atomic mass is 32.1. The lowest BCUT2D eigenvalue weighted by molar-refractivity contribution is -0.133. The van der Waals surface area contributed by atoms with E-state index in [1.807, 2.05) is 10.3 Å². The molecule has 0 saturated carbocycles. The van der Waals surface area contributed by atoms with Crippen molar-refractivity contribution in [1.82, 2.24) is 9.88 Å². The Morgan fingerprint density at radius 1 is 1.38 bits per heavy atom. The molecule has 3 rings (SSSR count). The summed E-state index contributed by atoms with van der Waals surface area (Å²) in [5.74, 6) is 0.0850. The second-order valence-corrected chi connectivity index (χ2v) is 7.11. The summed E-state index contributed by atoms with van der Waals surface area (Å²) in [6.45, 7) is 1.60. The normalized spacial score (nSPS) is 17.9. The van der Waals surface area contributed by atoms with Gasteiger partial charge in [-0.3, -0.25) is 4.79 Å². The Balaban J connectivity index is 1.55. The summed E-state index contributed by atoms with van der Waals surface area (Å²) in [5.41, 5.74) is 1.70. The van der Waals surface area contributed by atoms with E-state index in [4.69, 9.17) is 0 Å². The molecule has 4 nitrogen and oxygen atoms in total. The molecule has 1 unspecified atom stereocenters. The first-order valence-electron chi connectivity index (χ1n) is 8.24. The van der Waals surface area contributed by atoms with Gasteiger partial charge in [-0.25, -0.2) is 9.37 Å². The van der Waals surface area contributed by atoms with Crippen LogP contribution in [0.5, 0.6) is 0 Å². The SMILES string of the molecule is O=C(CCc1nc(-c2ccc(F)cc2)cs1)N1CCCC(CO)C1. The fraction of sp³-hybridized carbons (Fsp3) is 0.444. The lowest BCUT2D eigenvalue weighted by Gasteiger charge is -2.31. The lowest BCUT2D eigenvalue weighted by atomic mass is 9.99. The highest BCUT2D eigenvalue weighted by Gasteiger charge is 2.23. The van der Waals surface area contributed by atoms with Gasteiger partial charge in [-0.1, -0.05) is 0 Å². The van der Waals surface area contributed by atoms with E-state index in [0.29, 0.717) is 19.4 Å². The maximum absolute atomic E-state index is 13.0. The molecule has 1 amide bonds. The number of likely N-dealkylation sites (tertiary alicyclic amines) is 1. The second kappa shape index (κ2) is 7.85. The number of rotatable bonds is 5. The molecule has 1 N–H and O–H groups in total. The number of aliphatic hydroxyl groups excluding tert-OH is 1. The Hall–Kier alpha value is -1.79. The maximum atomic E-state index is 13.0. The van der Waals surface area contributed by atoms with Gasteiger partial charge in [0.1, 0.15) is 5.82 Å². The summed E-state index contributed by atoms with van der Waals surface area (Å²) in [6.07, 6.45) is 3.01. The summed E-state index contributed by atoms with van der Waals surface area (Å²) in [4.78, 5) is 18.7. The summed E-state index contributed by atoms with van der Waals surface area (Å²) in [7, 11) is 0. The third kappa shape index (κ3) is 4.19. The quantitative estimate of drug-likeness (QED) is 0.903. The summed E-state index contributed by atoms with van der Waals surface area (Å²) in [5, 5.41) is 12.1. The van der Waals surface area contributed by atoms with Crippen molar-refractivity contribution in [2.24, 2.45) is 5.92 Å². The van der Waals surface area contributed by atoms with Crippen LogP contribution < -0.4 is 0 Å². The highest BCUT2D eigenvalue weighted by Crippen LogP contribution is 2.23. The van der Waals surface area contributed by atoms with E-state index in [1.165, 1.54) is 23.5 Å². The molecule has 0 bridgehead atoms. The predicted molar refractivity (Wildman–Crippen MR) is 92.2 cm³/mol. The van der Waals surface area contributed by atoms with Gasteiger partial charge in [-0.15, -0.1) is 11.3 Å². The van der Waals surface area contributed by atoms with Crippen LogP contribution in [-0.4, -0.2) is 40.6 Å². The van der Waals surface area contributed by atoms with Crippen molar-refractivity contribution in [2.75, 3.05) is 19.7 Å². The van der Waals surface area contributed by atoms with E-state index in [0.717, 1.165) is 35.7 Å². The molecule has 2 heterocycles. The van der Waals surface area contributed by atoms with Gasteiger partial charge in [-0.2, -0.15) is 0 Å². The summed E-state index contributed by atoms with van der Waals surface area (Å²) < 4.78 is 13.0. The Labute approximate surface area is 145 Å². The first-order valence-corrected chi connectivity index (χ1v) is 9.12. The number of amides is 1. The molecule has 24 heavy (non-hydrogen) atoms. The maximum Gasteiger partial charge on any atom is 0.222 e. The van der Waals surface area contributed by atoms with Crippen molar-refractivity contribution in [1.29, 1.82) is 0 Å². The van der Waals surface area contributed by atoms with Crippen LogP contribution in [0.3, 0.4) is 0 Å². The van der Waals surface area contributed by atoms with Crippen molar-refractivity contribution < 1.29 is 14.3 Å². The van der Waals surface area contributed by atoms with Crippen LogP contribution in [0.25, 0.3) is 11.3 Å². The van der Waals surface area contributed by atoms with E-state index < -0.39 is 0 Å². The van der Waals surface area contributed by atoms with Crippen LogP contribution in [0.2, 0.25) is 0 Å². The zero-order valence-electron chi connectivity index (χ0n) is 13.4. The molecule has 2 aromatic rings. The third-order valence-electron chi connectivity index (χ3n) is 4.37. The fourth-order valence-electron chi connectivity index (χ4n) is 2.99. The molecule has 6 heteroatoms. The smallest absolute Gasteiger partial charge is 0.222 e. The van der Waals surface area contributed by atoms with Crippen molar-refractivity contribution in [3.63, 3.8) is 0 Å². The van der Waals surface area contributed by atoms with E-state index in [9.17, 15) is 14.3 Å². The standard InChI is InChI=1S/C18H21FN2O2S/c19-15-5-3-14(4-6-15)16-12-24-17(20-16)7-8-18(23)21-9-1-2-13(10-21)11-22/h3-6,12-13,22H,1-2,7-11H2. The minimum Gasteiger partial charge on any atom is -0.396 e. The average molecular weight is 348 g/mol. The third-order valence-corrected chi connectivity index (χ3v) is 5.28. The molecule has 0 radical (unpaired) electrons.